The highest BCUT2D eigenvalue weighted by Crippen LogP contribution is 2.20. The standard InChI is InChI=1S/C18H24N4O3/c1-13(2)14-5-7-15(8-6-14)19-16-4-3-9-21(10-16)17(23)11-22-12-18(24)25-20-22/h5-8,12-13,16,19H,3-4,9-11H2,1-2H3. The Morgan fingerprint density at radius 1 is 1.44 bits per heavy atom. The first-order valence-electron chi connectivity index (χ1n) is 8.69. The average Bonchev–Trinajstić information content (AvgIpc) is 3.00. The lowest BCUT2D eigenvalue weighted by molar-refractivity contribution is -0.751. The first-order valence-corrected chi connectivity index (χ1v) is 8.69. The van der Waals surface area contributed by atoms with Crippen LogP contribution in [0.5, 0.6) is 5.95 Å². The smallest absolute Gasteiger partial charge is 0.291 e. The molecule has 7 heteroatoms. The fourth-order valence-corrected chi connectivity index (χ4v) is 3.10. The van der Waals surface area contributed by atoms with Crippen molar-refractivity contribution in [3.05, 3.63) is 36.0 Å². The predicted molar refractivity (Wildman–Crippen MR) is 89.9 cm³/mol. The van der Waals surface area contributed by atoms with Crippen molar-refractivity contribution in [2.24, 2.45) is 0 Å². The van der Waals surface area contributed by atoms with Crippen LogP contribution in [0.3, 0.4) is 0 Å². The second-order valence-electron chi connectivity index (χ2n) is 6.82. The van der Waals surface area contributed by atoms with Crippen molar-refractivity contribution in [3.63, 3.8) is 0 Å². The summed E-state index contributed by atoms with van der Waals surface area (Å²) in [4.78, 5) is 14.2. The molecule has 1 amide bonds. The summed E-state index contributed by atoms with van der Waals surface area (Å²) in [5, 5.41) is 18.0. The minimum Gasteiger partial charge on any atom is -0.539 e. The maximum Gasteiger partial charge on any atom is 0.291 e. The molecule has 134 valence electrons. The molecule has 0 spiro atoms. The lowest BCUT2D eigenvalue weighted by atomic mass is 10.0. The number of amides is 1. The van der Waals surface area contributed by atoms with E-state index in [1.165, 1.54) is 16.4 Å². The summed E-state index contributed by atoms with van der Waals surface area (Å²) in [6.45, 7) is 5.76. The normalized spacial score (nSPS) is 17.7. The van der Waals surface area contributed by atoms with Crippen LogP contribution in [0.2, 0.25) is 0 Å². The molecule has 1 aromatic heterocycles. The summed E-state index contributed by atoms with van der Waals surface area (Å²) < 4.78 is 5.70. The number of carbonyl (C=O) groups is 1. The lowest BCUT2D eigenvalue weighted by Gasteiger charge is -2.33. The zero-order valence-corrected chi connectivity index (χ0v) is 14.6. The molecule has 1 aliphatic heterocycles. The number of rotatable bonds is 5. The number of nitrogens with one attached hydrogen (secondary N) is 1. The van der Waals surface area contributed by atoms with Crippen molar-refractivity contribution in [2.45, 2.75) is 45.2 Å². The molecule has 1 atom stereocenters. The average molecular weight is 344 g/mol. The summed E-state index contributed by atoms with van der Waals surface area (Å²) in [6, 6.07) is 8.69. The number of piperidine rings is 1. The van der Waals surface area contributed by atoms with Crippen LogP contribution in [0, 0.1) is 0 Å². The number of benzene rings is 1. The predicted octanol–water partition coefficient (Wildman–Crippen LogP) is 1.26. The highest BCUT2D eigenvalue weighted by molar-refractivity contribution is 5.74. The molecule has 0 radical (unpaired) electrons. The van der Waals surface area contributed by atoms with Crippen molar-refractivity contribution in [2.75, 3.05) is 18.4 Å². The first-order chi connectivity index (χ1) is 12.0. The van der Waals surface area contributed by atoms with E-state index in [9.17, 15) is 9.90 Å². The Labute approximate surface area is 147 Å². The van der Waals surface area contributed by atoms with Crippen LogP contribution in [0.25, 0.3) is 0 Å². The molecule has 0 bridgehead atoms. The fourth-order valence-electron chi connectivity index (χ4n) is 3.10. The van der Waals surface area contributed by atoms with E-state index in [0.29, 0.717) is 12.5 Å². The zero-order valence-electron chi connectivity index (χ0n) is 14.6. The Hall–Kier alpha value is -2.57. The van der Waals surface area contributed by atoms with Crippen LogP contribution in [-0.4, -0.2) is 35.2 Å². The number of aromatic nitrogens is 2. The van der Waals surface area contributed by atoms with Crippen LogP contribution in [0.4, 0.5) is 5.69 Å². The molecule has 25 heavy (non-hydrogen) atoms. The number of anilines is 1. The molecular weight excluding hydrogens is 320 g/mol. The Kier molecular flexibility index (Phi) is 5.21. The van der Waals surface area contributed by atoms with Crippen molar-refractivity contribution in [3.8, 4) is 5.95 Å². The minimum absolute atomic E-state index is 0.0293. The van der Waals surface area contributed by atoms with E-state index in [0.717, 1.165) is 25.1 Å². The topological polar surface area (TPSA) is 85.3 Å². The van der Waals surface area contributed by atoms with Gasteiger partial charge < -0.3 is 19.8 Å². The second-order valence-corrected chi connectivity index (χ2v) is 6.82. The van der Waals surface area contributed by atoms with Crippen LogP contribution in [0.1, 0.15) is 38.2 Å². The molecule has 0 saturated carbocycles. The molecule has 2 heterocycles. The Balaban J connectivity index is 1.56. The molecule has 1 aromatic carbocycles. The molecule has 1 saturated heterocycles. The Bertz CT molecular complexity index is 711. The van der Waals surface area contributed by atoms with Crippen LogP contribution in [0.15, 0.2) is 35.0 Å². The van der Waals surface area contributed by atoms with Gasteiger partial charge in [0.1, 0.15) is 5.95 Å². The summed E-state index contributed by atoms with van der Waals surface area (Å²) in [5.41, 5.74) is 2.39. The van der Waals surface area contributed by atoms with E-state index in [4.69, 9.17) is 0 Å². The maximum absolute atomic E-state index is 12.4. The van der Waals surface area contributed by atoms with Crippen LogP contribution < -0.4 is 15.1 Å². The monoisotopic (exact) mass is 344 g/mol. The van der Waals surface area contributed by atoms with E-state index in [-0.39, 0.29) is 18.5 Å². The van der Waals surface area contributed by atoms with E-state index >= 15 is 0 Å². The lowest BCUT2D eigenvalue weighted by Crippen LogP contribution is -2.50. The SMILES string of the molecule is CC(C)c1ccc(NC2CCCN(C(=O)C[n+]3cc([O-])on3)C2)cc1. The summed E-state index contributed by atoms with van der Waals surface area (Å²) >= 11 is 0. The van der Waals surface area contributed by atoms with Crippen LogP contribution in [-0.2, 0) is 11.3 Å². The zero-order chi connectivity index (χ0) is 17.8. The molecule has 1 aliphatic rings. The first kappa shape index (κ1) is 17.3. The number of nitrogens with zero attached hydrogens (tertiary/aromatic N) is 3. The third-order valence-corrected chi connectivity index (χ3v) is 4.51. The van der Waals surface area contributed by atoms with E-state index in [1.54, 1.807) is 0 Å². The van der Waals surface area contributed by atoms with Gasteiger partial charge in [0.05, 0.1) is 5.27 Å². The quantitative estimate of drug-likeness (QED) is 0.826. The number of hydrogen-bond acceptors (Lipinski definition) is 5. The fraction of sp³-hybridized carbons (Fsp3) is 0.500. The van der Waals surface area contributed by atoms with Gasteiger partial charge in [0.2, 0.25) is 6.20 Å². The third kappa shape index (κ3) is 4.49. The van der Waals surface area contributed by atoms with Gasteiger partial charge in [-0.3, -0.25) is 4.79 Å². The largest absolute Gasteiger partial charge is 0.539 e. The van der Waals surface area contributed by atoms with Crippen molar-refractivity contribution >= 4 is 11.6 Å². The van der Waals surface area contributed by atoms with E-state index in [2.05, 4.69) is 53.2 Å². The van der Waals surface area contributed by atoms with Crippen LogP contribution >= 0.6 is 0 Å². The maximum atomic E-state index is 12.4. The summed E-state index contributed by atoms with van der Waals surface area (Å²) in [5.74, 6) is -0.0868. The molecule has 1 fully saturated rings. The van der Waals surface area contributed by atoms with Gasteiger partial charge in [0.15, 0.2) is 0 Å². The molecule has 3 rings (SSSR count). The molecular formula is C18H24N4O3. The third-order valence-electron chi connectivity index (χ3n) is 4.51. The number of carbonyl (C=O) groups excluding carboxylic acids is 1. The van der Waals surface area contributed by atoms with Gasteiger partial charge in [-0.2, -0.15) is 0 Å². The Morgan fingerprint density at radius 3 is 2.84 bits per heavy atom. The molecule has 1 unspecified atom stereocenters. The second kappa shape index (κ2) is 7.55. The highest BCUT2D eigenvalue weighted by Gasteiger charge is 2.26. The number of hydrogen-bond donors (Lipinski definition) is 1. The van der Waals surface area contributed by atoms with Gasteiger partial charge in [-0.25, -0.2) is 0 Å². The summed E-state index contributed by atoms with van der Waals surface area (Å²) in [7, 11) is 0. The molecule has 2 aromatic rings. The summed E-state index contributed by atoms with van der Waals surface area (Å²) in [6.07, 6.45) is 3.16. The molecule has 7 nitrogen and oxygen atoms in total. The minimum atomic E-state index is -0.546. The Morgan fingerprint density at radius 2 is 2.20 bits per heavy atom. The van der Waals surface area contributed by atoms with E-state index < -0.39 is 5.95 Å². The van der Waals surface area contributed by atoms with Gasteiger partial charge in [0, 0.05) is 24.8 Å². The van der Waals surface area contributed by atoms with E-state index in [1.807, 2.05) is 4.90 Å². The van der Waals surface area contributed by atoms with Crippen molar-refractivity contribution in [1.29, 1.82) is 0 Å². The van der Waals surface area contributed by atoms with Gasteiger partial charge in [-0.05, 0) is 36.5 Å². The van der Waals surface area contributed by atoms with Gasteiger partial charge in [-0.15, -0.1) is 0 Å². The molecule has 1 N–H and O–H groups in total. The van der Waals surface area contributed by atoms with Gasteiger partial charge in [0.25, 0.3) is 12.5 Å². The highest BCUT2D eigenvalue weighted by atomic mass is 16.6. The number of likely N-dealkylation sites (tertiary alicyclic amines) is 1. The van der Waals surface area contributed by atoms with Crippen molar-refractivity contribution < 1.29 is 19.1 Å². The van der Waals surface area contributed by atoms with Crippen molar-refractivity contribution in [1.82, 2.24) is 10.2 Å². The van der Waals surface area contributed by atoms with Gasteiger partial charge in [-0.1, -0.05) is 30.7 Å². The van der Waals surface area contributed by atoms with Gasteiger partial charge >= 0.3 is 0 Å². The molecule has 0 aliphatic carbocycles.